The molecule has 5 nitrogen and oxygen atoms in total. The van der Waals surface area contributed by atoms with Crippen LogP contribution in [0, 0.1) is 0 Å². The third kappa shape index (κ3) is 2.99. The van der Waals surface area contributed by atoms with E-state index in [4.69, 9.17) is 16.2 Å². The van der Waals surface area contributed by atoms with Crippen LogP contribution >= 0.6 is 0 Å². The second-order valence-electron chi connectivity index (χ2n) is 3.33. The first-order chi connectivity index (χ1) is 7.19. The lowest BCUT2D eigenvalue weighted by Crippen LogP contribution is -2.23. The number of hydrogen-bond acceptors (Lipinski definition) is 5. The van der Waals surface area contributed by atoms with E-state index in [0.29, 0.717) is 18.1 Å². The van der Waals surface area contributed by atoms with Crippen molar-refractivity contribution in [2.24, 2.45) is 5.73 Å². The molecule has 1 aromatic rings. The molecular weight excluding hydrogens is 192 g/mol. The largest absolute Gasteiger partial charge is 0.481 e. The Morgan fingerprint density at radius 1 is 1.47 bits per heavy atom. The first-order valence-corrected chi connectivity index (χ1v) is 4.90. The van der Waals surface area contributed by atoms with Gasteiger partial charge in [0.15, 0.2) is 5.82 Å². The number of aromatic nitrogens is 1. The molecule has 0 aliphatic heterocycles. The summed E-state index contributed by atoms with van der Waals surface area (Å²) in [7, 11) is 3.52. The average molecular weight is 210 g/mol. The van der Waals surface area contributed by atoms with Crippen LogP contribution < -0.4 is 21.1 Å². The van der Waals surface area contributed by atoms with Crippen molar-refractivity contribution >= 4 is 11.5 Å². The number of pyridine rings is 1. The number of nitrogens with two attached hydrogens (primary N) is 2. The summed E-state index contributed by atoms with van der Waals surface area (Å²) in [5.41, 5.74) is 11.9. The van der Waals surface area contributed by atoms with Gasteiger partial charge in [0.05, 0.1) is 12.8 Å². The monoisotopic (exact) mass is 210 g/mol. The zero-order valence-corrected chi connectivity index (χ0v) is 9.23. The number of hydrogen-bond donors (Lipinski definition) is 2. The molecule has 0 aromatic carbocycles. The summed E-state index contributed by atoms with van der Waals surface area (Å²) in [5.74, 6) is 1.31. The molecule has 1 aromatic heterocycles. The summed E-state index contributed by atoms with van der Waals surface area (Å²) in [6.07, 6.45) is 0.912. The Labute approximate surface area is 90.0 Å². The molecule has 1 heterocycles. The molecule has 0 unspecified atom stereocenters. The maximum Gasteiger partial charge on any atom is 0.215 e. The number of nitrogens with zero attached hydrogens (tertiary/aromatic N) is 2. The van der Waals surface area contributed by atoms with E-state index in [9.17, 15) is 0 Å². The molecule has 0 bridgehead atoms. The van der Waals surface area contributed by atoms with Gasteiger partial charge in [0.2, 0.25) is 5.88 Å². The predicted octanol–water partition coefficient (Wildman–Crippen LogP) is 0.457. The van der Waals surface area contributed by atoms with E-state index in [1.807, 2.05) is 11.9 Å². The standard InChI is InChI=1S/C10H18N4O/c1-14(7-3-6-11)10-8(12)4-5-9(13-10)15-2/h4-5H,3,6-7,11-12H2,1-2H3. The van der Waals surface area contributed by atoms with E-state index >= 15 is 0 Å². The molecule has 84 valence electrons. The normalized spacial score (nSPS) is 10.1. The summed E-state index contributed by atoms with van der Waals surface area (Å²) >= 11 is 0. The minimum absolute atomic E-state index is 0.568. The summed E-state index contributed by atoms with van der Waals surface area (Å²) in [4.78, 5) is 6.26. The van der Waals surface area contributed by atoms with Crippen LogP contribution in [0.5, 0.6) is 5.88 Å². The first-order valence-electron chi connectivity index (χ1n) is 4.90. The van der Waals surface area contributed by atoms with Gasteiger partial charge >= 0.3 is 0 Å². The Morgan fingerprint density at radius 2 is 2.20 bits per heavy atom. The van der Waals surface area contributed by atoms with Gasteiger partial charge in [0.1, 0.15) is 0 Å². The second kappa shape index (κ2) is 5.41. The van der Waals surface area contributed by atoms with Gasteiger partial charge in [-0.1, -0.05) is 0 Å². The van der Waals surface area contributed by atoms with Gasteiger partial charge in [-0.25, -0.2) is 0 Å². The van der Waals surface area contributed by atoms with E-state index in [-0.39, 0.29) is 0 Å². The lowest BCUT2D eigenvalue weighted by Gasteiger charge is -2.19. The van der Waals surface area contributed by atoms with Crippen LogP contribution in [0.3, 0.4) is 0 Å². The van der Waals surface area contributed by atoms with Gasteiger partial charge in [-0.2, -0.15) is 4.98 Å². The molecule has 0 spiro atoms. The van der Waals surface area contributed by atoms with Crippen LogP contribution in [0.25, 0.3) is 0 Å². The van der Waals surface area contributed by atoms with E-state index in [1.165, 1.54) is 0 Å². The van der Waals surface area contributed by atoms with Crippen LogP contribution in [0.1, 0.15) is 6.42 Å². The fourth-order valence-electron chi connectivity index (χ4n) is 1.30. The number of anilines is 2. The Hall–Kier alpha value is -1.49. The third-order valence-electron chi connectivity index (χ3n) is 2.15. The first kappa shape index (κ1) is 11.6. The highest BCUT2D eigenvalue weighted by atomic mass is 16.5. The summed E-state index contributed by atoms with van der Waals surface area (Å²) in [6, 6.07) is 3.54. The van der Waals surface area contributed by atoms with Gasteiger partial charge in [0, 0.05) is 19.7 Å². The van der Waals surface area contributed by atoms with E-state index < -0.39 is 0 Å². The Balaban J connectivity index is 2.81. The van der Waals surface area contributed by atoms with E-state index in [2.05, 4.69) is 4.98 Å². The predicted molar refractivity (Wildman–Crippen MR) is 62.1 cm³/mol. The van der Waals surface area contributed by atoms with Crippen molar-refractivity contribution in [2.45, 2.75) is 6.42 Å². The van der Waals surface area contributed by atoms with Gasteiger partial charge in [-0.05, 0) is 19.0 Å². The molecule has 5 heteroatoms. The van der Waals surface area contributed by atoms with Gasteiger partial charge < -0.3 is 21.1 Å². The second-order valence-corrected chi connectivity index (χ2v) is 3.33. The van der Waals surface area contributed by atoms with Crippen molar-refractivity contribution in [3.63, 3.8) is 0 Å². The number of nitrogen functional groups attached to an aromatic ring is 1. The third-order valence-corrected chi connectivity index (χ3v) is 2.15. The number of methoxy groups -OCH3 is 1. The molecule has 0 aliphatic rings. The molecule has 0 aliphatic carbocycles. The van der Waals surface area contributed by atoms with Gasteiger partial charge in [-0.15, -0.1) is 0 Å². The average Bonchev–Trinajstić information content (AvgIpc) is 2.26. The number of rotatable bonds is 5. The summed E-state index contributed by atoms with van der Waals surface area (Å²) < 4.78 is 5.05. The minimum atomic E-state index is 0.568. The highest BCUT2D eigenvalue weighted by Crippen LogP contribution is 2.22. The zero-order chi connectivity index (χ0) is 11.3. The fourth-order valence-corrected chi connectivity index (χ4v) is 1.30. The quantitative estimate of drug-likeness (QED) is 0.738. The minimum Gasteiger partial charge on any atom is -0.481 e. The zero-order valence-electron chi connectivity index (χ0n) is 9.23. The van der Waals surface area contributed by atoms with Crippen LogP contribution in [0.15, 0.2) is 12.1 Å². The summed E-state index contributed by atoms with van der Waals surface area (Å²) in [6.45, 7) is 1.50. The van der Waals surface area contributed by atoms with Crippen LogP contribution in [-0.4, -0.2) is 32.2 Å². The SMILES string of the molecule is COc1ccc(N)c(N(C)CCCN)n1. The molecule has 0 radical (unpaired) electrons. The Bertz CT molecular complexity index is 316. The number of ether oxygens (including phenoxy) is 1. The van der Waals surface area contributed by atoms with E-state index in [1.54, 1.807) is 19.2 Å². The highest BCUT2D eigenvalue weighted by Gasteiger charge is 2.07. The van der Waals surface area contributed by atoms with Gasteiger partial charge in [-0.3, -0.25) is 0 Å². The van der Waals surface area contributed by atoms with Crippen molar-refractivity contribution in [3.05, 3.63) is 12.1 Å². The maximum absolute atomic E-state index is 5.83. The molecule has 0 fully saturated rings. The van der Waals surface area contributed by atoms with Crippen molar-refractivity contribution in [2.75, 3.05) is 37.9 Å². The molecule has 0 saturated heterocycles. The maximum atomic E-state index is 5.83. The highest BCUT2D eigenvalue weighted by molar-refractivity contribution is 5.63. The lowest BCUT2D eigenvalue weighted by atomic mass is 10.3. The molecule has 15 heavy (non-hydrogen) atoms. The van der Waals surface area contributed by atoms with Crippen molar-refractivity contribution < 1.29 is 4.74 Å². The molecule has 0 amide bonds. The lowest BCUT2D eigenvalue weighted by molar-refractivity contribution is 0.398. The van der Waals surface area contributed by atoms with Crippen LogP contribution in [-0.2, 0) is 0 Å². The smallest absolute Gasteiger partial charge is 0.215 e. The molecule has 0 saturated carbocycles. The topological polar surface area (TPSA) is 77.4 Å². The van der Waals surface area contributed by atoms with Gasteiger partial charge in [0.25, 0.3) is 0 Å². The fraction of sp³-hybridized carbons (Fsp3) is 0.500. The summed E-state index contributed by atoms with van der Waals surface area (Å²) in [5, 5.41) is 0. The van der Waals surface area contributed by atoms with Crippen LogP contribution in [0.2, 0.25) is 0 Å². The molecule has 4 N–H and O–H groups in total. The Kier molecular flexibility index (Phi) is 4.17. The Morgan fingerprint density at radius 3 is 2.80 bits per heavy atom. The van der Waals surface area contributed by atoms with Crippen molar-refractivity contribution in [1.29, 1.82) is 0 Å². The van der Waals surface area contributed by atoms with Crippen molar-refractivity contribution in [3.8, 4) is 5.88 Å². The van der Waals surface area contributed by atoms with Crippen molar-refractivity contribution in [1.82, 2.24) is 4.98 Å². The molecule has 1 rings (SSSR count). The molecular formula is C10H18N4O. The van der Waals surface area contributed by atoms with E-state index in [0.717, 1.165) is 18.8 Å². The molecule has 0 atom stereocenters. The van der Waals surface area contributed by atoms with Crippen LogP contribution in [0.4, 0.5) is 11.5 Å².